The van der Waals surface area contributed by atoms with Crippen molar-refractivity contribution in [1.82, 2.24) is 0 Å². The van der Waals surface area contributed by atoms with Gasteiger partial charge in [0.15, 0.2) is 0 Å². The first-order valence-electron chi connectivity index (χ1n) is 7.19. The average Bonchev–Trinajstić information content (AvgIpc) is 2.91. The number of benzene rings is 2. The van der Waals surface area contributed by atoms with Gasteiger partial charge in [-0.3, -0.25) is 0 Å². The van der Waals surface area contributed by atoms with Crippen LogP contribution in [0.15, 0.2) is 65.1 Å². The van der Waals surface area contributed by atoms with E-state index in [0.717, 1.165) is 4.47 Å². The lowest BCUT2D eigenvalue weighted by Crippen LogP contribution is -1.93. The van der Waals surface area contributed by atoms with Gasteiger partial charge in [-0.2, -0.15) is 0 Å². The van der Waals surface area contributed by atoms with Gasteiger partial charge in [0, 0.05) is 14.2 Å². The molecule has 0 saturated heterocycles. The Kier molecular flexibility index (Phi) is 5.08. The van der Waals surface area contributed by atoms with E-state index in [9.17, 15) is 0 Å². The summed E-state index contributed by atoms with van der Waals surface area (Å²) in [5.74, 6) is 0. The van der Waals surface area contributed by atoms with Crippen molar-refractivity contribution in [3.05, 3.63) is 81.1 Å². The Bertz CT molecular complexity index is 732. The SMILES string of the molecule is Cc1cc(-c2ccccc2)sc1COCc1ccc(Br)cc1. The smallest absolute Gasteiger partial charge is 0.0816 e. The first-order chi connectivity index (χ1) is 10.7. The van der Waals surface area contributed by atoms with Gasteiger partial charge in [0.05, 0.1) is 13.2 Å². The van der Waals surface area contributed by atoms with Gasteiger partial charge < -0.3 is 4.74 Å². The monoisotopic (exact) mass is 372 g/mol. The Morgan fingerprint density at radius 2 is 1.68 bits per heavy atom. The summed E-state index contributed by atoms with van der Waals surface area (Å²) >= 11 is 5.26. The van der Waals surface area contributed by atoms with Crippen molar-refractivity contribution in [3.63, 3.8) is 0 Å². The molecule has 0 unspecified atom stereocenters. The van der Waals surface area contributed by atoms with Gasteiger partial charge in [-0.05, 0) is 41.8 Å². The molecule has 22 heavy (non-hydrogen) atoms. The van der Waals surface area contributed by atoms with Crippen LogP contribution in [0.1, 0.15) is 16.0 Å². The highest BCUT2D eigenvalue weighted by Gasteiger charge is 2.07. The van der Waals surface area contributed by atoms with Gasteiger partial charge in [-0.15, -0.1) is 11.3 Å². The van der Waals surface area contributed by atoms with E-state index in [4.69, 9.17) is 4.74 Å². The number of halogens is 1. The summed E-state index contributed by atoms with van der Waals surface area (Å²) in [5, 5.41) is 0. The maximum absolute atomic E-state index is 5.87. The third kappa shape index (κ3) is 3.86. The second-order valence-electron chi connectivity index (χ2n) is 5.20. The predicted molar refractivity (Wildman–Crippen MR) is 97.1 cm³/mol. The lowest BCUT2D eigenvalue weighted by Gasteiger charge is -2.04. The minimum Gasteiger partial charge on any atom is -0.371 e. The summed E-state index contributed by atoms with van der Waals surface area (Å²) in [6.07, 6.45) is 0. The van der Waals surface area contributed by atoms with Crippen LogP contribution >= 0.6 is 27.3 Å². The first kappa shape index (κ1) is 15.5. The third-order valence-corrected chi connectivity index (χ3v) is 5.28. The normalized spacial score (nSPS) is 10.8. The zero-order valence-electron chi connectivity index (χ0n) is 12.4. The van der Waals surface area contributed by atoms with E-state index in [1.807, 2.05) is 29.5 Å². The lowest BCUT2D eigenvalue weighted by molar-refractivity contribution is 0.109. The molecule has 0 amide bonds. The molecule has 0 aliphatic heterocycles. The van der Waals surface area contributed by atoms with Crippen molar-refractivity contribution < 1.29 is 4.74 Å². The molecule has 3 rings (SSSR count). The van der Waals surface area contributed by atoms with E-state index in [0.29, 0.717) is 13.2 Å². The van der Waals surface area contributed by atoms with E-state index >= 15 is 0 Å². The summed E-state index contributed by atoms with van der Waals surface area (Å²) in [6.45, 7) is 3.46. The zero-order valence-corrected chi connectivity index (χ0v) is 14.8. The summed E-state index contributed by atoms with van der Waals surface area (Å²) in [5.41, 5.74) is 3.77. The fraction of sp³-hybridized carbons (Fsp3) is 0.158. The fourth-order valence-corrected chi connectivity index (χ4v) is 3.63. The van der Waals surface area contributed by atoms with Crippen LogP contribution in [0.25, 0.3) is 10.4 Å². The van der Waals surface area contributed by atoms with Gasteiger partial charge in [0.2, 0.25) is 0 Å². The highest BCUT2D eigenvalue weighted by atomic mass is 79.9. The van der Waals surface area contributed by atoms with Crippen LogP contribution < -0.4 is 0 Å². The van der Waals surface area contributed by atoms with Crippen molar-refractivity contribution in [2.24, 2.45) is 0 Å². The van der Waals surface area contributed by atoms with E-state index in [1.54, 1.807) is 0 Å². The Labute approximate surface area is 143 Å². The molecule has 0 N–H and O–H groups in total. The maximum atomic E-state index is 5.87. The minimum atomic E-state index is 0.644. The summed E-state index contributed by atoms with van der Waals surface area (Å²) in [4.78, 5) is 2.61. The fourth-order valence-electron chi connectivity index (χ4n) is 2.25. The van der Waals surface area contributed by atoms with Crippen LogP contribution in [-0.2, 0) is 18.0 Å². The topological polar surface area (TPSA) is 9.23 Å². The Hall–Kier alpha value is -1.42. The van der Waals surface area contributed by atoms with Crippen molar-refractivity contribution in [1.29, 1.82) is 0 Å². The van der Waals surface area contributed by atoms with E-state index in [-0.39, 0.29) is 0 Å². The standard InChI is InChI=1S/C19H17BrOS/c1-14-11-18(16-5-3-2-4-6-16)22-19(14)13-21-12-15-7-9-17(20)10-8-15/h2-11H,12-13H2,1H3. The van der Waals surface area contributed by atoms with Crippen molar-refractivity contribution in [2.75, 3.05) is 0 Å². The molecule has 0 aliphatic carbocycles. The second kappa shape index (κ2) is 7.23. The zero-order chi connectivity index (χ0) is 15.4. The van der Waals surface area contributed by atoms with Gasteiger partial charge in [-0.1, -0.05) is 58.4 Å². The molecule has 3 aromatic rings. The van der Waals surface area contributed by atoms with Gasteiger partial charge in [0.1, 0.15) is 0 Å². The molecular formula is C19H17BrOS. The van der Waals surface area contributed by atoms with Crippen LogP contribution in [0.4, 0.5) is 0 Å². The quantitative estimate of drug-likeness (QED) is 0.517. The molecular weight excluding hydrogens is 356 g/mol. The Morgan fingerprint density at radius 1 is 0.955 bits per heavy atom. The predicted octanol–water partition coefficient (Wildman–Crippen LogP) is 6.20. The molecule has 0 radical (unpaired) electrons. The number of hydrogen-bond donors (Lipinski definition) is 0. The van der Waals surface area contributed by atoms with Crippen molar-refractivity contribution >= 4 is 27.3 Å². The van der Waals surface area contributed by atoms with Gasteiger partial charge >= 0.3 is 0 Å². The number of hydrogen-bond acceptors (Lipinski definition) is 2. The Morgan fingerprint density at radius 3 is 2.41 bits per heavy atom. The van der Waals surface area contributed by atoms with Crippen LogP contribution in [0.3, 0.4) is 0 Å². The molecule has 1 aromatic heterocycles. The number of aryl methyl sites for hydroxylation is 1. The molecule has 3 heteroatoms. The van der Waals surface area contributed by atoms with Gasteiger partial charge in [0.25, 0.3) is 0 Å². The lowest BCUT2D eigenvalue weighted by atomic mass is 10.1. The van der Waals surface area contributed by atoms with Gasteiger partial charge in [-0.25, -0.2) is 0 Å². The second-order valence-corrected chi connectivity index (χ2v) is 7.25. The molecule has 0 spiro atoms. The maximum Gasteiger partial charge on any atom is 0.0816 e. The summed E-state index contributed by atoms with van der Waals surface area (Å²) in [6, 6.07) is 21.0. The van der Waals surface area contributed by atoms with E-state index in [2.05, 4.69) is 65.3 Å². The largest absolute Gasteiger partial charge is 0.371 e. The molecule has 0 atom stereocenters. The molecule has 2 aromatic carbocycles. The molecule has 0 saturated carbocycles. The third-order valence-electron chi connectivity index (χ3n) is 3.49. The number of rotatable bonds is 5. The minimum absolute atomic E-state index is 0.644. The highest BCUT2D eigenvalue weighted by molar-refractivity contribution is 9.10. The average molecular weight is 373 g/mol. The molecule has 1 heterocycles. The number of thiophene rings is 1. The van der Waals surface area contributed by atoms with Crippen LogP contribution in [0.2, 0.25) is 0 Å². The molecule has 0 fully saturated rings. The van der Waals surface area contributed by atoms with Crippen LogP contribution in [-0.4, -0.2) is 0 Å². The summed E-state index contributed by atoms with van der Waals surface area (Å²) in [7, 11) is 0. The molecule has 112 valence electrons. The molecule has 0 bridgehead atoms. The van der Waals surface area contributed by atoms with Crippen LogP contribution in [0.5, 0.6) is 0 Å². The molecule has 1 nitrogen and oxygen atoms in total. The number of ether oxygens (including phenoxy) is 1. The van der Waals surface area contributed by atoms with Crippen LogP contribution in [0, 0.1) is 6.92 Å². The first-order valence-corrected chi connectivity index (χ1v) is 8.80. The highest BCUT2D eigenvalue weighted by Crippen LogP contribution is 2.31. The summed E-state index contributed by atoms with van der Waals surface area (Å²) < 4.78 is 6.97. The van der Waals surface area contributed by atoms with Crippen molar-refractivity contribution in [2.45, 2.75) is 20.1 Å². The molecule has 0 aliphatic rings. The Balaban J connectivity index is 1.63. The van der Waals surface area contributed by atoms with E-state index < -0.39 is 0 Å². The van der Waals surface area contributed by atoms with E-state index in [1.165, 1.54) is 26.4 Å². The van der Waals surface area contributed by atoms with Crippen molar-refractivity contribution in [3.8, 4) is 10.4 Å².